The minimum absolute atomic E-state index is 0. The predicted molar refractivity (Wildman–Crippen MR) is 32.1 cm³/mol. The van der Waals surface area contributed by atoms with E-state index in [1.54, 1.807) is 0 Å². The third kappa shape index (κ3) is 207. The second-order valence-electron chi connectivity index (χ2n) is 0. The molecule has 0 atom stereocenters. The van der Waals surface area contributed by atoms with Crippen LogP contribution in [0, 0.1) is 37.1 Å². The average Bonchev–Trinajstić information content (AvgIpc) is 0. The summed E-state index contributed by atoms with van der Waals surface area (Å²) in [6, 6.07) is 0. The molecular weight excluding hydrogens is 115 g/mol. The minimum atomic E-state index is 0. The maximum atomic E-state index is 0. The molecule has 0 nitrogen and oxygen atoms in total. The second kappa shape index (κ2) is 418. The van der Waals surface area contributed by atoms with Crippen LogP contribution >= 0.6 is 0 Å². The minimum Gasteiger partial charge on any atom is -0.358 e. The van der Waals surface area contributed by atoms with Crippen LogP contribution in [0.1, 0.15) is 0 Å². The first-order valence-corrected chi connectivity index (χ1v) is 0. The van der Waals surface area contributed by atoms with E-state index in [1.807, 2.05) is 0 Å². The summed E-state index contributed by atoms with van der Waals surface area (Å²) in [6.45, 7) is 0. The molecule has 0 aliphatic carbocycles. The van der Waals surface area contributed by atoms with Gasteiger partial charge in [0.05, 0.1) is 0 Å². The van der Waals surface area contributed by atoms with E-state index in [-0.39, 0.29) is 54.2 Å². The van der Waals surface area contributed by atoms with Crippen LogP contribution in [0.3, 0.4) is 0 Å². The van der Waals surface area contributed by atoms with Crippen molar-refractivity contribution in [2.75, 3.05) is 0 Å². The zero-order valence-electron chi connectivity index (χ0n) is 5.38. The molecule has 0 saturated heterocycles. The topological polar surface area (TPSA) is 0 Å². The van der Waals surface area contributed by atoms with Crippen LogP contribution < -0.4 is 0 Å². The third-order valence-corrected chi connectivity index (χ3v) is 0. The number of rotatable bonds is 0. The van der Waals surface area contributed by atoms with Gasteiger partial charge in [-0.3, -0.25) is 0 Å². The molecule has 0 N–H and O–H groups in total. The summed E-state index contributed by atoms with van der Waals surface area (Å²) in [5.74, 6) is 0. The van der Waals surface area contributed by atoms with E-state index in [9.17, 15) is 0 Å². The van der Waals surface area contributed by atoms with Crippen molar-refractivity contribution in [1.29, 1.82) is 0 Å². The molecule has 1 heteroatoms. The molecule has 0 rings (SSSR count). The van der Waals surface area contributed by atoms with Crippen molar-refractivity contribution in [3.05, 3.63) is 37.1 Å². The Hall–Kier alpha value is 0.519. The van der Waals surface area contributed by atoms with Crippen molar-refractivity contribution in [1.82, 2.24) is 0 Å². The second-order valence-corrected chi connectivity index (χ2v) is 0. The van der Waals surface area contributed by atoms with Crippen molar-refractivity contribution < 1.29 is 17.1 Å². The van der Waals surface area contributed by atoms with Gasteiger partial charge in [-0.2, -0.15) is 0 Å². The molecule has 0 amide bonds. The van der Waals surface area contributed by atoms with Crippen LogP contribution in [0.5, 0.6) is 0 Å². The van der Waals surface area contributed by atoms with Crippen molar-refractivity contribution in [2.24, 2.45) is 0 Å². The number of hydrogen-bond donors (Lipinski definition) is 0. The van der Waals surface area contributed by atoms with E-state index in [4.69, 9.17) is 0 Å². The van der Waals surface area contributed by atoms with Crippen LogP contribution in [0.25, 0.3) is 0 Å². The Balaban J connectivity index is 0. The van der Waals surface area contributed by atoms with E-state index < -0.39 is 0 Å². The van der Waals surface area contributed by atoms with Crippen LogP contribution in [0.4, 0.5) is 0 Å². The normalized spacial score (nSPS) is 0. The fourth-order valence-electron chi connectivity index (χ4n) is 0. The molecule has 0 spiro atoms. The quantitative estimate of drug-likeness (QED) is 0.348. The van der Waals surface area contributed by atoms with Crippen molar-refractivity contribution >= 4 is 0 Å². The largest absolute Gasteiger partial charge is 0.358 e. The summed E-state index contributed by atoms with van der Waals surface area (Å²) in [5.41, 5.74) is 0. The molecule has 0 bridgehead atoms. The first-order chi connectivity index (χ1) is 0. The van der Waals surface area contributed by atoms with Crippen molar-refractivity contribution in [2.45, 2.75) is 0 Å². The molecule has 0 aromatic heterocycles. The molecule has 0 aromatic carbocycles. The molecule has 1 radical (unpaired) electrons. The van der Waals surface area contributed by atoms with E-state index in [1.165, 1.54) is 0 Å². The molecule has 0 aliphatic heterocycles. The third-order valence-electron chi connectivity index (χ3n) is 0. The smallest absolute Gasteiger partial charge is 0 e. The summed E-state index contributed by atoms with van der Waals surface area (Å²) >= 11 is 0. The van der Waals surface area contributed by atoms with E-state index in [0.29, 0.717) is 0 Å². The first-order valence-electron chi connectivity index (χ1n) is 0. The van der Waals surface area contributed by atoms with Gasteiger partial charge in [0.15, 0.2) is 0 Å². The molecule has 0 unspecified atom stereocenters. The molecule has 0 fully saturated rings. The Kier molecular flexibility index (Phi) is 51200. The summed E-state index contributed by atoms with van der Waals surface area (Å²) < 4.78 is 0. The van der Waals surface area contributed by atoms with Gasteiger partial charge >= 0.3 is 0 Å². The van der Waals surface area contributed by atoms with Crippen LogP contribution in [-0.4, -0.2) is 0 Å². The van der Waals surface area contributed by atoms with Gasteiger partial charge in [-0.05, 0) is 0 Å². The Bertz CT molecular complexity index is 3.90. The van der Waals surface area contributed by atoms with Gasteiger partial charge in [0.2, 0.25) is 0 Å². The fourth-order valence-corrected chi connectivity index (χ4v) is 0. The molecule has 0 aromatic rings. The van der Waals surface area contributed by atoms with E-state index in [0.717, 1.165) is 0 Å². The molecule has 0 aliphatic rings. The van der Waals surface area contributed by atoms with Gasteiger partial charge < -0.3 is 37.1 Å². The summed E-state index contributed by atoms with van der Waals surface area (Å²) in [7, 11) is 0. The Labute approximate surface area is 54.8 Å². The zero-order valence-corrected chi connectivity index (χ0v) is 6.56. The Morgan fingerprint density at radius 2 is 0.333 bits per heavy atom. The van der Waals surface area contributed by atoms with E-state index in [2.05, 4.69) is 0 Å². The van der Waals surface area contributed by atoms with Crippen molar-refractivity contribution in [3.63, 3.8) is 0 Å². The maximum Gasteiger partial charge on any atom is 0 e. The molecule has 0 heterocycles. The predicted octanol–water partition coefficient (Wildman–Crippen LogP) is 2.25. The van der Waals surface area contributed by atoms with Crippen LogP contribution in [-0.2, 0) is 17.1 Å². The number of hydrogen-bond acceptors (Lipinski definition) is 0. The Morgan fingerprint density at radius 3 is 0.333 bits per heavy atom. The van der Waals surface area contributed by atoms with Crippen molar-refractivity contribution in [3.8, 4) is 0 Å². The molecule has 47 valence electrons. The van der Waals surface area contributed by atoms with E-state index >= 15 is 0 Å². The monoisotopic (exact) mass is 130 g/mol. The summed E-state index contributed by atoms with van der Waals surface area (Å²) in [4.78, 5) is 0. The van der Waals surface area contributed by atoms with Gasteiger partial charge in [-0.15, -0.1) is 0 Å². The fraction of sp³-hybridized carbons (Fsp3) is 0. The summed E-state index contributed by atoms with van der Waals surface area (Å²) in [5, 5.41) is 0. The zero-order chi connectivity index (χ0) is 0. The SMILES string of the molecule is [CH3-].[CH3-].[CH3-].[CH3-].[CH3-].[Mn]. The van der Waals surface area contributed by atoms with Gasteiger partial charge in [0.1, 0.15) is 0 Å². The first kappa shape index (κ1) is 736. The summed E-state index contributed by atoms with van der Waals surface area (Å²) in [6.07, 6.45) is 0. The van der Waals surface area contributed by atoms with Gasteiger partial charge in [-0.25, -0.2) is 0 Å². The standard InChI is InChI=1S/5CH3.Mn/h5*1H3;/q5*-1;. The molecular formula is C5H15Mn-5. The average molecular weight is 130 g/mol. The van der Waals surface area contributed by atoms with Crippen LogP contribution in [0.2, 0.25) is 0 Å². The molecule has 0 saturated carbocycles. The van der Waals surface area contributed by atoms with Gasteiger partial charge in [-0.1, -0.05) is 0 Å². The maximum absolute atomic E-state index is 0. The molecule has 6 heavy (non-hydrogen) atoms. The Morgan fingerprint density at radius 1 is 0.333 bits per heavy atom. The van der Waals surface area contributed by atoms with Gasteiger partial charge in [0.25, 0.3) is 0 Å². The van der Waals surface area contributed by atoms with Crippen LogP contribution in [0.15, 0.2) is 0 Å². The van der Waals surface area contributed by atoms with Gasteiger partial charge in [0, 0.05) is 17.1 Å².